The van der Waals surface area contributed by atoms with Crippen molar-refractivity contribution in [3.63, 3.8) is 0 Å². The van der Waals surface area contributed by atoms with Crippen LogP contribution < -0.4 is 5.73 Å². The van der Waals surface area contributed by atoms with Gasteiger partial charge in [-0.3, -0.25) is 0 Å². The third kappa shape index (κ3) is 2.65. The van der Waals surface area contributed by atoms with Gasteiger partial charge in [0.05, 0.1) is 5.57 Å². The molecule has 0 radical (unpaired) electrons. The Balaban J connectivity index is 2.33. The number of rotatable bonds is 3. The van der Waals surface area contributed by atoms with E-state index in [9.17, 15) is 0 Å². The molecule has 1 aromatic heterocycles. The van der Waals surface area contributed by atoms with E-state index in [1.165, 1.54) is 6.08 Å². The van der Waals surface area contributed by atoms with Crippen LogP contribution in [-0.4, -0.2) is 4.99 Å². The third-order valence-electron chi connectivity index (χ3n) is 2.36. The van der Waals surface area contributed by atoms with E-state index in [1.807, 2.05) is 42.5 Å². The number of benzene rings is 1. The van der Waals surface area contributed by atoms with Crippen LogP contribution in [0.1, 0.15) is 5.76 Å². The zero-order chi connectivity index (χ0) is 13.0. The number of thiocarbonyl (C=S) groups is 1. The first kappa shape index (κ1) is 12.1. The molecule has 0 amide bonds. The summed E-state index contributed by atoms with van der Waals surface area (Å²) in [5.74, 6) is 1.29. The molecule has 0 fully saturated rings. The maximum absolute atomic E-state index is 8.85. The highest BCUT2D eigenvalue weighted by Gasteiger charge is 2.05. The van der Waals surface area contributed by atoms with Crippen molar-refractivity contribution < 1.29 is 4.42 Å². The van der Waals surface area contributed by atoms with E-state index in [0.717, 1.165) is 11.3 Å². The number of nitriles is 1. The molecule has 18 heavy (non-hydrogen) atoms. The van der Waals surface area contributed by atoms with Crippen LogP contribution in [0.5, 0.6) is 0 Å². The Bertz CT molecular complexity index is 635. The lowest BCUT2D eigenvalue weighted by molar-refractivity contribution is 0.571. The topological polar surface area (TPSA) is 63.0 Å². The summed E-state index contributed by atoms with van der Waals surface area (Å²) in [6, 6.07) is 15.3. The monoisotopic (exact) mass is 254 g/mol. The second-order valence-corrected chi connectivity index (χ2v) is 4.04. The molecule has 0 saturated carbocycles. The molecule has 0 bridgehead atoms. The van der Waals surface area contributed by atoms with Crippen molar-refractivity contribution in [2.75, 3.05) is 0 Å². The Morgan fingerprint density at radius 2 is 1.94 bits per heavy atom. The molecule has 1 aromatic carbocycles. The summed E-state index contributed by atoms with van der Waals surface area (Å²) in [6.45, 7) is 0. The highest BCUT2D eigenvalue weighted by atomic mass is 32.1. The van der Waals surface area contributed by atoms with Gasteiger partial charge in [-0.25, -0.2) is 0 Å². The molecular formula is C14H10N2OS. The van der Waals surface area contributed by atoms with Gasteiger partial charge in [-0.15, -0.1) is 0 Å². The Kier molecular flexibility index (Phi) is 3.56. The third-order valence-corrected chi connectivity index (χ3v) is 2.58. The van der Waals surface area contributed by atoms with Crippen molar-refractivity contribution in [3.05, 3.63) is 53.8 Å². The number of furan rings is 1. The number of hydrogen-bond donors (Lipinski definition) is 1. The maximum Gasteiger partial charge on any atom is 0.134 e. The van der Waals surface area contributed by atoms with Crippen molar-refractivity contribution in [2.45, 2.75) is 0 Å². The SMILES string of the molecule is N#C/C(=C/c1ccc(-c2ccccc2)o1)C(N)=S. The van der Waals surface area contributed by atoms with Crippen LogP contribution in [-0.2, 0) is 0 Å². The van der Waals surface area contributed by atoms with Gasteiger partial charge < -0.3 is 10.2 Å². The predicted molar refractivity (Wildman–Crippen MR) is 74.5 cm³/mol. The van der Waals surface area contributed by atoms with Crippen molar-refractivity contribution in [1.29, 1.82) is 5.26 Å². The van der Waals surface area contributed by atoms with E-state index in [-0.39, 0.29) is 10.6 Å². The van der Waals surface area contributed by atoms with Crippen LogP contribution in [0, 0.1) is 11.3 Å². The van der Waals surface area contributed by atoms with E-state index in [2.05, 4.69) is 0 Å². The van der Waals surface area contributed by atoms with E-state index in [4.69, 9.17) is 27.6 Å². The second-order valence-electron chi connectivity index (χ2n) is 3.60. The average Bonchev–Trinajstić information content (AvgIpc) is 2.85. The summed E-state index contributed by atoms with van der Waals surface area (Å²) < 4.78 is 5.61. The number of nitrogens with two attached hydrogens (primary N) is 1. The molecule has 0 saturated heterocycles. The number of hydrogen-bond acceptors (Lipinski definition) is 3. The minimum Gasteiger partial charge on any atom is -0.457 e. The Labute approximate surface area is 110 Å². The van der Waals surface area contributed by atoms with Crippen molar-refractivity contribution in [2.24, 2.45) is 5.73 Å². The molecule has 4 heteroatoms. The fourth-order valence-electron chi connectivity index (χ4n) is 1.49. The Morgan fingerprint density at radius 3 is 2.56 bits per heavy atom. The standard InChI is InChI=1S/C14H10N2OS/c15-9-11(14(16)18)8-12-6-7-13(17-12)10-4-2-1-3-5-10/h1-8H,(H2,16,18)/b11-8-. The predicted octanol–water partition coefficient (Wildman–Crippen LogP) is 3.14. The first-order chi connectivity index (χ1) is 8.70. The van der Waals surface area contributed by atoms with Crippen LogP contribution in [0.4, 0.5) is 0 Å². The normalized spacial score (nSPS) is 10.9. The molecule has 0 aliphatic rings. The molecule has 0 aliphatic carbocycles. The molecule has 0 atom stereocenters. The number of nitrogens with zero attached hydrogens (tertiary/aromatic N) is 1. The second kappa shape index (κ2) is 5.30. The summed E-state index contributed by atoms with van der Waals surface area (Å²) in [4.78, 5) is 0.0650. The van der Waals surface area contributed by atoms with Gasteiger partial charge in [-0.05, 0) is 12.1 Å². The Morgan fingerprint density at radius 1 is 1.22 bits per heavy atom. The van der Waals surface area contributed by atoms with E-state index >= 15 is 0 Å². The van der Waals surface area contributed by atoms with Gasteiger partial charge in [0.1, 0.15) is 22.6 Å². The Hall–Kier alpha value is -2.38. The van der Waals surface area contributed by atoms with Gasteiger partial charge in [0.25, 0.3) is 0 Å². The van der Waals surface area contributed by atoms with E-state index in [0.29, 0.717) is 5.76 Å². The van der Waals surface area contributed by atoms with Crippen LogP contribution >= 0.6 is 12.2 Å². The zero-order valence-corrected chi connectivity index (χ0v) is 10.3. The quantitative estimate of drug-likeness (QED) is 0.519. The molecule has 0 unspecified atom stereocenters. The molecular weight excluding hydrogens is 244 g/mol. The highest BCUT2D eigenvalue weighted by Crippen LogP contribution is 2.22. The molecule has 2 N–H and O–H groups in total. The molecule has 1 heterocycles. The minimum atomic E-state index is 0.0650. The summed E-state index contributed by atoms with van der Waals surface area (Å²) in [6.07, 6.45) is 1.54. The van der Waals surface area contributed by atoms with Crippen LogP contribution in [0.25, 0.3) is 17.4 Å². The van der Waals surface area contributed by atoms with Gasteiger partial charge >= 0.3 is 0 Å². The minimum absolute atomic E-state index is 0.0650. The first-order valence-electron chi connectivity index (χ1n) is 5.27. The van der Waals surface area contributed by atoms with Crippen molar-refractivity contribution in [3.8, 4) is 17.4 Å². The lowest BCUT2D eigenvalue weighted by atomic mass is 10.2. The lowest BCUT2D eigenvalue weighted by Gasteiger charge is -1.95. The van der Waals surface area contributed by atoms with Crippen LogP contribution in [0.15, 0.2) is 52.5 Å². The fraction of sp³-hybridized carbons (Fsp3) is 0. The molecule has 3 nitrogen and oxygen atoms in total. The van der Waals surface area contributed by atoms with Crippen LogP contribution in [0.3, 0.4) is 0 Å². The lowest BCUT2D eigenvalue weighted by Crippen LogP contribution is -2.09. The summed E-state index contributed by atoms with van der Waals surface area (Å²) in [5, 5.41) is 8.85. The van der Waals surface area contributed by atoms with Crippen molar-refractivity contribution >= 4 is 23.3 Å². The van der Waals surface area contributed by atoms with E-state index < -0.39 is 0 Å². The van der Waals surface area contributed by atoms with Gasteiger partial charge in [0.15, 0.2) is 0 Å². The molecule has 2 aromatic rings. The molecule has 2 rings (SSSR count). The van der Waals surface area contributed by atoms with Crippen molar-refractivity contribution in [1.82, 2.24) is 0 Å². The smallest absolute Gasteiger partial charge is 0.134 e. The molecule has 0 aliphatic heterocycles. The fourth-order valence-corrected chi connectivity index (χ4v) is 1.59. The van der Waals surface area contributed by atoms with Gasteiger partial charge in [0, 0.05) is 11.6 Å². The summed E-state index contributed by atoms with van der Waals surface area (Å²) in [5.41, 5.74) is 6.62. The highest BCUT2D eigenvalue weighted by molar-refractivity contribution is 7.80. The van der Waals surface area contributed by atoms with Gasteiger partial charge in [0.2, 0.25) is 0 Å². The molecule has 88 valence electrons. The summed E-state index contributed by atoms with van der Waals surface area (Å²) in [7, 11) is 0. The summed E-state index contributed by atoms with van der Waals surface area (Å²) >= 11 is 4.76. The van der Waals surface area contributed by atoms with Gasteiger partial charge in [-0.1, -0.05) is 42.5 Å². The average molecular weight is 254 g/mol. The largest absolute Gasteiger partial charge is 0.457 e. The van der Waals surface area contributed by atoms with E-state index in [1.54, 1.807) is 6.07 Å². The first-order valence-corrected chi connectivity index (χ1v) is 5.68. The maximum atomic E-state index is 8.85. The zero-order valence-electron chi connectivity index (χ0n) is 9.46. The van der Waals surface area contributed by atoms with Gasteiger partial charge in [-0.2, -0.15) is 5.26 Å². The molecule has 0 spiro atoms. The van der Waals surface area contributed by atoms with Crippen LogP contribution in [0.2, 0.25) is 0 Å².